The third kappa shape index (κ3) is 4.31. The van der Waals surface area contributed by atoms with Gasteiger partial charge in [-0.3, -0.25) is 4.90 Å². The first kappa shape index (κ1) is 16.5. The van der Waals surface area contributed by atoms with Crippen molar-refractivity contribution < 1.29 is 0 Å². The Balaban J connectivity index is 2.15. The van der Waals surface area contributed by atoms with Crippen LogP contribution in [0.4, 0.5) is 0 Å². The number of hydrogen-bond donors (Lipinski definition) is 1. The van der Waals surface area contributed by atoms with Crippen molar-refractivity contribution in [3.8, 4) is 0 Å². The molecule has 1 saturated heterocycles. The third-order valence-electron chi connectivity index (χ3n) is 4.90. The van der Waals surface area contributed by atoms with Crippen molar-refractivity contribution in [2.75, 3.05) is 13.1 Å². The minimum atomic E-state index is 0.267. The smallest absolute Gasteiger partial charge is 0.0278 e. The van der Waals surface area contributed by atoms with Crippen LogP contribution in [0.1, 0.15) is 56.7 Å². The van der Waals surface area contributed by atoms with Crippen molar-refractivity contribution in [1.29, 1.82) is 0 Å². The van der Waals surface area contributed by atoms with Crippen LogP contribution in [0.15, 0.2) is 18.2 Å². The quantitative estimate of drug-likeness (QED) is 0.879. The minimum Gasteiger partial charge on any atom is -0.309 e. The summed E-state index contributed by atoms with van der Waals surface area (Å²) in [7, 11) is 0. The summed E-state index contributed by atoms with van der Waals surface area (Å²) < 4.78 is 0. The topological polar surface area (TPSA) is 15.3 Å². The summed E-state index contributed by atoms with van der Waals surface area (Å²) in [5.74, 6) is 0. The van der Waals surface area contributed by atoms with Gasteiger partial charge in [0.05, 0.1) is 0 Å². The fourth-order valence-electron chi connectivity index (χ4n) is 3.56. The molecule has 1 aromatic carbocycles. The van der Waals surface area contributed by atoms with Crippen molar-refractivity contribution in [2.45, 2.75) is 72.0 Å². The highest BCUT2D eigenvalue weighted by Gasteiger charge is 2.33. The number of benzene rings is 1. The molecule has 118 valence electrons. The van der Waals surface area contributed by atoms with E-state index >= 15 is 0 Å². The summed E-state index contributed by atoms with van der Waals surface area (Å²) in [5.41, 5.74) is 4.49. The molecule has 0 saturated carbocycles. The van der Waals surface area contributed by atoms with Gasteiger partial charge in [0.25, 0.3) is 0 Å². The van der Waals surface area contributed by atoms with E-state index in [1.807, 2.05) is 0 Å². The largest absolute Gasteiger partial charge is 0.309 e. The first-order chi connectivity index (χ1) is 9.95. The van der Waals surface area contributed by atoms with Gasteiger partial charge in [-0.2, -0.15) is 0 Å². The molecule has 0 aromatic heterocycles. The normalized spacial score (nSPS) is 27.0. The second kappa shape index (κ2) is 6.93. The first-order valence-corrected chi connectivity index (χ1v) is 8.52. The number of nitrogens with one attached hydrogen (secondary N) is 1. The second-order valence-electron chi connectivity index (χ2n) is 7.14. The van der Waals surface area contributed by atoms with Gasteiger partial charge in [0.2, 0.25) is 0 Å². The number of hydrogen-bond acceptors (Lipinski definition) is 2. The summed E-state index contributed by atoms with van der Waals surface area (Å²) >= 11 is 0. The van der Waals surface area contributed by atoms with E-state index in [1.165, 1.54) is 36.0 Å². The van der Waals surface area contributed by atoms with Crippen LogP contribution in [0.3, 0.4) is 0 Å². The van der Waals surface area contributed by atoms with Crippen molar-refractivity contribution >= 4 is 0 Å². The monoisotopic (exact) mass is 288 g/mol. The highest BCUT2D eigenvalue weighted by atomic mass is 15.2. The molecular formula is C19H32N2. The molecule has 1 aromatic rings. The van der Waals surface area contributed by atoms with E-state index < -0.39 is 0 Å². The van der Waals surface area contributed by atoms with Crippen LogP contribution in [0.5, 0.6) is 0 Å². The number of aryl methyl sites for hydroxylation is 2. The maximum absolute atomic E-state index is 3.78. The van der Waals surface area contributed by atoms with Crippen LogP contribution in [0.2, 0.25) is 0 Å². The third-order valence-corrected chi connectivity index (χ3v) is 4.90. The molecule has 2 heteroatoms. The van der Waals surface area contributed by atoms with Gasteiger partial charge in [-0.15, -0.1) is 0 Å². The van der Waals surface area contributed by atoms with Crippen molar-refractivity contribution in [1.82, 2.24) is 10.2 Å². The first-order valence-electron chi connectivity index (χ1n) is 8.52. The van der Waals surface area contributed by atoms with Gasteiger partial charge >= 0.3 is 0 Å². The Morgan fingerprint density at radius 3 is 2.43 bits per heavy atom. The van der Waals surface area contributed by atoms with E-state index in [4.69, 9.17) is 0 Å². The van der Waals surface area contributed by atoms with Crippen LogP contribution >= 0.6 is 0 Å². The average Bonchev–Trinajstić information content (AvgIpc) is 2.41. The SMILES string of the molecule is CCCC1CNC(C)(CC)CN1Cc1cc(C)cc(C)c1. The summed E-state index contributed by atoms with van der Waals surface area (Å²) in [4.78, 5) is 2.71. The van der Waals surface area contributed by atoms with Crippen molar-refractivity contribution in [3.05, 3.63) is 34.9 Å². The summed E-state index contributed by atoms with van der Waals surface area (Å²) in [6.45, 7) is 14.7. The van der Waals surface area contributed by atoms with E-state index in [-0.39, 0.29) is 5.54 Å². The van der Waals surface area contributed by atoms with Gasteiger partial charge in [0.1, 0.15) is 0 Å². The molecule has 0 bridgehead atoms. The predicted molar refractivity (Wildman–Crippen MR) is 91.7 cm³/mol. The lowest BCUT2D eigenvalue weighted by Gasteiger charge is -2.46. The fraction of sp³-hybridized carbons (Fsp3) is 0.684. The van der Waals surface area contributed by atoms with Gasteiger partial charge < -0.3 is 5.32 Å². The molecule has 0 aliphatic carbocycles. The van der Waals surface area contributed by atoms with Crippen LogP contribution in [0.25, 0.3) is 0 Å². The Hall–Kier alpha value is -0.860. The molecule has 1 aliphatic rings. The standard InChI is InChI=1S/C19H32N2/c1-6-8-18-12-20-19(5,7-2)14-21(18)13-17-10-15(3)9-16(4)11-17/h9-11,18,20H,6-8,12-14H2,1-5H3. The van der Waals surface area contributed by atoms with Gasteiger partial charge in [-0.1, -0.05) is 49.6 Å². The molecule has 2 atom stereocenters. The Kier molecular flexibility index (Phi) is 5.45. The minimum absolute atomic E-state index is 0.267. The molecule has 1 fully saturated rings. The van der Waals surface area contributed by atoms with E-state index in [0.717, 1.165) is 19.6 Å². The van der Waals surface area contributed by atoms with Gasteiger partial charge in [-0.25, -0.2) is 0 Å². The van der Waals surface area contributed by atoms with E-state index in [2.05, 4.69) is 63.0 Å². The Labute approximate surface area is 130 Å². The van der Waals surface area contributed by atoms with Crippen LogP contribution in [-0.4, -0.2) is 29.6 Å². The molecule has 1 N–H and O–H groups in total. The van der Waals surface area contributed by atoms with E-state index in [9.17, 15) is 0 Å². The lowest BCUT2D eigenvalue weighted by Crippen LogP contribution is -2.62. The summed E-state index contributed by atoms with van der Waals surface area (Å²) in [5, 5.41) is 3.78. The Bertz CT molecular complexity index is 448. The molecule has 2 nitrogen and oxygen atoms in total. The predicted octanol–water partition coefficient (Wildman–Crippen LogP) is 4.05. The van der Waals surface area contributed by atoms with Gasteiger partial charge in [-0.05, 0) is 39.2 Å². The molecule has 0 spiro atoms. The highest BCUT2D eigenvalue weighted by Crippen LogP contribution is 2.23. The lowest BCUT2D eigenvalue weighted by atomic mass is 9.91. The average molecular weight is 288 g/mol. The zero-order valence-corrected chi connectivity index (χ0v) is 14.5. The van der Waals surface area contributed by atoms with Crippen LogP contribution < -0.4 is 5.32 Å². The lowest BCUT2D eigenvalue weighted by molar-refractivity contribution is 0.0725. The van der Waals surface area contributed by atoms with Crippen molar-refractivity contribution in [2.24, 2.45) is 0 Å². The highest BCUT2D eigenvalue weighted by molar-refractivity contribution is 5.28. The number of rotatable bonds is 5. The molecular weight excluding hydrogens is 256 g/mol. The maximum atomic E-state index is 3.78. The number of nitrogens with zero attached hydrogens (tertiary/aromatic N) is 1. The Morgan fingerprint density at radius 1 is 1.19 bits per heavy atom. The molecule has 2 rings (SSSR count). The van der Waals surface area contributed by atoms with E-state index in [1.54, 1.807) is 0 Å². The molecule has 0 radical (unpaired) electrons. The van der Waals surface area contributed by atoms with Crippen LogP contribution in [0, 0.1) is 13.8 Å². The summed E-state index contributed by atoms with van der Waals surface area (Å²) in [6.07, 6.45) is 3.74. The Morgan fingerprint density at radius 2 is 1.86 bits per heavy atom. The second-order valence-corrected chi connectivity index (χ2v) is 7.14. The van der Waals surface area contributed by atoms with E-state index in [0.29, 0.717) is 6.04 Å². The fourth-order valence-corrected chi connectivity index (χ4v) is 3.56. The molecule has 1 aliphatic heterocycles. The molecule has 0 amide bonds. The molecule has 2 unspecified atom stereocenters. The zero-order valence-electron chi connectivity index (χ0n) is 14.5. The molecule has 21 heavy (non-hydrogen) atoms. The van der Waals surface area contributed by atoms with Crippen molar-refractivity contribution in [3.63, 3.8) is 0 Å². The maximum Gasteiger partial charge on any atom is 0.0278 e. The van der Waals surface area contributed by atoms with Gasteiger partial charge in [0.15, 0.2) is 0 Å². The van der Waals surface area contributed by atoms with Crippen LogP contribution in [-0.2, 0) is 6.54 Å². The zero-order chi connectivity index (χ0) is 15.5. The van der Waals surface area contributed by atoms with Gasteiger partial charge in [0, 0.05) is 31.2 Å². The number of piperazine rings is 1. The summed E-state index contributed by atoms with van der Waals surface area (Å²) in [6, 6.07) is 7.64. The molecule has 1 heterocycles.